The summed E-state index contributed by atoms with van der Waals surface area (Å²) in [5, 5.41) is 19.0. The van der Waals surface area contributed by atoms with E-state index in [0.29, 0.717) is 12.2 Å². The monoisotopic (exact) mass is 396 g/mol. The number of carbonyl (C=O) groups is 3. The molecule has 1 atom stereocenters. The number of hydrogen-bond donors (Lipinski definition) is 4. The second-order valence-corrected chi connectivity index (χ2v) is 6.60. The number of primary amides is 1. The summed E-state index contributed by atoms with van der Waals surface area (Å²) in [7, 11) is 0. The fraction of sp³-hybridized carbons (Fsp3) is 0.227. The fourth-order valence-corrected chi connectivity index (χ4v) is 3.69. The van der Waals surface area contributed by atoms with Crippen molar-refractivity contribution in [1.29, 1.82) is 0 Å². The fourth-order valence-electron chi connectivity index (χ4n) is 3.69. The molecule has 3 rings (SSSR count). The Balaban J connectivity index is 0.000000321. The Labute approximate surface area is 168 Å². The van der Waals surface area contributed by atoms with Crippen LogP contribution in [0.3, 0.4) is 0 Å². The normalized spacial score (nSPS) is 16.1. The Morgan fingerprint density at radius 3 is 1.66 bits per heavy atom. The van der Waals surface area contributed by atoms with Crippen molar-refractivity contribution in [2.45, 2.75) is 11.8 Å². The minimum atomic E-state index is -1.26. The molecule has 1 aliphatic heterocycles. The third kappa shape index (κ3) is 5.30. The Morgan fingerprint density at radius 2 is 1.34 bits per heavy atom. The second-order valence-electron chi connectivity index (χ2n) is 6.60. The summed E-state index contributed by atoms with van der Waals surface area (Å²) in [5.41, 5.74) is 7.16. The van der Waals surface area contributed by atoms with Crippen molar-refractivity contribution in [2.24, 2.45) is 11.7 Å². The van der Waals surface area contributed by atoms with Crippen LogP contribution in [0.25, 0.3) is 0 Å². The number of rotatable bonds is 6. The number of carboxylic acid groups (broad SMARTS) is 2. The molecule has 1 aliphatic rings. The number of hydrogen-bond acceptors (Lipinski definition) is 4. The maximum atomic E-state index is 12.6. The molecule has 1 fully saturated rings. The summed E-state index contributed by atoms with van der Waals surface area (Å²) in [5.74, 6) is -2.60. The van der Waals surface area contributed by atoms with E-state index in [0.717, 1.165) is 30.6 Å². The van der Waals surface area contributed by atoms with E-state index in [1.165, 1.54) is 0 Å². The summed E-state index contributed by atoms with van der Waals surface area (Å²) in [6, 6.07) is 19.9. The van der Waals surface area contributed by atoms with Crippen molar-refractivity contribution < 1.29 is 24.6 Å². The Kier molecular flexibility index (Phi) is 7.68. The molecule has 0 spiro atoms. The standard InChI is InChI=1S/C18H20N2O.C4H4O4/c19-17(21)18(16-11-12-20-13-16,14-7-3-1-4-8-14)15-9-5-2-6-10-15;5-3(6)1-2-4(7)8/h1-10,16,20H,11-13H2,(H2,19,21);1-2H,(H,5,6)(H,7,8)/b;2-1-. The van der Waals surface area contributed by atoms with Crippen molar-refractivity contribution in [1.82, 2.24) is 5.32 Å². The van der Waals surface area contributed by atoms with Gasteiger partial charge in [-0.2, -0.15) is 0 Å². The highest BCUT2D eigenvalue weighted by atomic mass is 16.4. The van der Waals surface area contributed by atoms with Gasteiger partial charge in [-0.3, -0.25) is 4.79 Å². The number of nitrogens with one attached hydrogen (secondary N) is 1. The molecular formula is C22H24N2O5. The van der Waals surface area contributed by atoms with Crippen LogP contribution in [0.5, 0.6) is 0 Å². The topological polar surface area (TPSA) is 130 Å². The van der Waals surface area contributed by atoms with E-state index >= 15 is 0 Å². The van der Waals surface area contributed by atoms with Crippen molar-refractivity contribution >= 4 is 17.8 Å². The third-order valence-electron chi connectivity index (χ3n) is 4.89. The van der Waals surface area contributed by atoms with Gasteiger partial charge in [0, 0.05) is 12.2 Å². The van der Waals surface area contributed by atoms with E-state index in [4.69, 9.17) is 15.9 Å². The first kappa shape index (κ1) is 21.8. The molecule has 2 aromatic carbocycles. The van der Waals surface area contributed by atoms with E-state index < -0.39 is 17.4 Å². The van der Waals surface area contributed by atoms with E-state index in [-0.39, 0.29) is 11.8 Å². The van der Waals surface area contributed by atoms with Crippen LogP contribution < -0.4 is 11.1 Å². The lowest BCUT2D eigenvalue weighted by atomic mass is 9.65. The number of carbonyl (C=O) groups excluding carboxylic acids is 1. The molecule has 152 valence electrons. The largest absolute Gasteiger partial charge is 0.478 e. The highest BCUT2D eigenvalue weighted by molar-refractivity contribution is 5.91. The van der Waals surface area contributed by atoms with Gasteiger partial charge >= 0.3 is 11.9 Å². The average Bonchev–Trinajstić information content (AvgIpc) is 3.24. The Hall–Kier alpha value is -3.45. The van der Waals surface area contributed by atoms with Gasteiger partial charge in [0.2, 0.25) is 5.91 Å². The molecule has 5 N–H and O–H groups in total. The molecule has 0 aliphatic carbocycles. The van der Waals surface area contributed by atoms with Gasteiger partial charge in [0.05, 0.1) is 0 Å². The molecule has 1 saturated heterocycles. The summed E-state index contributed by atoms with van der Waals surface area (Å²) in [6.45, 7) is 1.74. The zero-order valence-electron chi connectivity index (χ0n) is 15.8. The first-order valence-corrected chi connectivity index (χ1v) is 9.14. The number of amides is 1. The second kappa shape index (κ2) is 10.2. The van der Waals surface area contributed by atoms with Crippen LogP contribution >= 0.6 is 0 Å². The molecular weight excluding hydrogens is 372 g/mol. The molecule has 7 nitrogen and oxygen atoms in total. The van der Waals surface area contributed by atoms with E-state index in [2.05, 4.69) is 5.32 Å². The predicted octanol–water partition coefficient (Wildman–Crippen LogP) is 1.78. The molecule has 29 heavy (non-hydrogen) atoms. The summed E-state index contributed by atoms with van der Waals surface area (Å²) in [6.07, 6.45) is 2.07. The van der Waals surface area contributed by atoms with Crippen molar-refractivity contribution in [3.63, 3.8) is 0 Å². The lowest BCUT2D eigenvalue weighted by Gasteiger charge is -2.37. The minimum Gasteiger partial charge on any atom is -0.478 e. The maximum Gasteiger partial charge on any atom is 0.328 e. The molecule has 0 radical (unpaired) electrons. The number of nitrogens with two attached hydrogens (primary N) is 1. The Morgan fingerprint density at radius 1 is 0.897 bits per heavy atom. The number of carboxylic acids is 2. The van der Waals surface area contributed by atoms with Crippen LogP contribution in [0.1, 0.15) is 17.5 Å². The van der Waals surface area contributed by atoms with Gasteiger partial charge in [-0.1, -0.05) is 60.7 Å². The predicted molar refractivity (Wildman–Crippen MR) is 108 cm³/mol. The molecule has 2 aromatic rings. The highest BCUT2D eigenvalue weighted by Gasteiger charge is 2.48. The van der Waals surface area contributed by atoms with Crippen molar-refractivity contribution in [3.8, 4) is 0 Å². The van der Waals surface area contributed by atoms with Gasteiger partial charge in [0.1, 0.15) is 5.41 Å². The van der Waals surface area contributed by atoms with Crippen molar-refractivity contribution in [3.05, 3.63) is 83.9 Å². The molecule has 1 heterocycles. The van der Waals surface area contributed by atoms with Crippen LogP contribution in [0.4, 0.5) is 0 Å². The van der Waals surface area contributed by atoms with Crippen molar-refractivity contribution in [2.75, 3.05) is 13.1 Å². The highest BCUT2D eigenvalue weighted by Crippen LogP contribution is 2.41. The van der Waals surface area contributed by atoms with Crippen LogP contribution in [-0.4, -0.2) is 41.1 Å². The van der Waals surface area contributed by atoms with E-state index in [1.807, 2.05) is 60.7 Å². The van der Waals surface area contributed by atoms with E-state index in [1.54, 1.807) is 0 Å². The first-order valence-electron chi connectivity index (χ1n) is 9.14. The van der Waals surface area contributed by atoms with Gasteiger partial charge in [0.25, 0.3) is 0 Å². The molecule has 0 aromatic heterocycles. The lowest BCUT2D eigenvalue weighted by Crippen LogP contribution is -2.49. The smallest absolute Gasteiger partial charge is 0.328 e. The van der Waals surface area contributed by atoms with E-state index in [9.17, 15) is 14.4 Å². The average molecular weight is 396 g/mol. The quantitative estimate of drug-likeness (QED) is 0.551. The molecule has 0 saturated carbocycles. The van der Waals surface area contributed by atoms with Crippen LogP contribution in [0.2, 0.25) is 0 Å². The van der Waals surface area contributed by atoms with Gasteiger partial charge in [0.15, 0.2) is 0 Å². The summed E-state index contributed by atoms with van der Waals surface area (Å²) < 4.78 is 0. The molecule has 1 amide bonds. The number of benzene rings is 2. The summed E-state index contributed by atoms with van der Waals surface area (Å²) in [4.78, 5) is 31.7. The van der Waals surface area contributed by atoms with Crippen LogP contribution in [0.15, 0.2) is 72.8 Å². The first-order chi connectivity index (χ1) is 13.9. The van der Waals surface area contributed by atoms with Gasteiger partial charge < -0.3 is 21.3 Å². The third-order valence-corrected chi connectivity index (χ3v) is 4.89. The SMILES string of the molecule is NC(=O)C(c1ccccc1)(c1ccccc1)C1CCNC1.O=C(O)/C=C\C(=O)O. The Bertz CT molecular complexity index is 804. The summed E-state index contributed by atoms with van der Waals surface area (Å²) >= 11 is 0. The van der Waals surface area contributed by atoms with Gasteiger partial charge in [-0.05, 0) is 36.6 Å². The molecule has 7 heteroatoms. The van der Waals surface area contributed by atoms with Gasteiger partial charge in [-0.25, -0.2) is 9.59 Å². The zero-order chi connectivity index (χ0) is 21.3. The van der Waals surface area contributed by atoms with Gasteiger partial charge in [-0.15, -0.1) is 0 Å². The van der Waals surface area contributed by atoms with Crippen LogP contribution in [-0.2, 0) is 19.8 Å². The maximum absolute atomic E-state index is 12.6. The zero-order valence-corrected chi connectivity index (χ0v) is 15.8. The minimum absolute atomic E-state index is 0.180. The number of aliphatic carboxylic acids is 2. The van der Waals surface area contributed by atoms with Crippen LogP contribution in [0, 0.1) is 5.92 Å². The lowest BCUT2D eigenvalue weighted by molar-refractivity contribution is -0.134. The molecule has 1 unspecified atom stereocenters. The molecule has 0 bridgehead atoms.